The lowest BCUT2D eigenvalue weighted by atomic mass is 10.1. The highest BCUT2D eigenvalue weighted by molar-refractivity contribution is 5.90. The van der Waals surface area contributed by atoms with Crippen LogP contribution in [-0.2, 0) is 4.79 Å². The van der Waals surface area contributed by atoms with Crippen molar-refractivity contribution < 1.29 is 4.79 Å². The van der Waals surface area contributed by atoms with E-state index in [1.54, 1.807) is 0 Å². The molecule has 60 valence electrons. The second kappa shape index (κ2) is 3.06. The predicted molar refractivity (Wildman–Crippen MR) is 43.8 cm³/mol. The van der Waals surface area contributed by atoms with Gasteiger partial charge in [-0.25, -0.2) is 0 Å². The smallest absolute Gasteiger partial charge is 0.152 e. The maximum absolute atomic E-state index is 11.2. The van der Waals surface area contributed by atoms with Crippen molar-refractivity contribution in [1.82, 2.24) is 0 Å². The molecule has 0 saturated heterocycles. The molecule has 0 radical (unpaired) electrons. The van der Waals surface area contributed by atoms with Gasteiger partial charge in [-0.05, 0) is 19.3 Å². The van der Waals surface area contributed by atoms with Gasteiger partial charge >= 0.3 is 0 Å². The summed E-state index contributed by atoms with van der Waals surface area (Å²) in [5, 5.41) is 0. The Bertz CT molecular complexity index is 198. The average molecular weight is 151 g/mol. The van der Waals surface area contributed by atoms with Gasteiger partial charge in [0, 0.05) is 12.8 Å². The lowest BCUT2D eigenvalue weighted by Crippen LogP contribution is -2.32. The summed E-state index contributed by atoms with van der Waals surface area (Å²) in [6, 6.07) is 0. The molecule has 11 heavy (non-hydrogen) atoms. The molecule has 0 aromatic heterocycles. The van der Waals surface area contributed by atoms with Gasteiger partial charge in [-0.3, -0.25) is 4.79 Å². The van der Waals surface area contributed by atoms with Crippen molar-refractivity contribution in [3.63, 3.8) is 0 Å². The molecular formula is C9H13NO. The molecule has 1 saturated carbocycles. The fraction of sp³-hybridized carbons (Fsp3) is 0.667. The van der Waals surface area contributed by atoms with E-state index in [1.165, 1.54) is 0 Å². The molecule has 0 bridgehead atoms. The lowest BCUT2D eigenvalue weighted by molar-refractivity contribution is -0.121. The third-order valence-electron chi connectivity index (χ3n) is 2.07. The molecule has 0 aromatic rings. The molecule has 2 nitrogen and oxygen atoms in total. The van der Waals surface area contributed by atoms with E-state index in [0.29, 0.717) is 12.8 Å². The van der Waals surface area contributed by atoms with Crippen LogP contribution in [-0.4, -0.2) is 11.3 Å². The second-order valence-corrected chi connectivity index (χ2v) is 3.14. The molecule has 0 spiro atoms. The van der Waals surface area contributed by atoms with Crippen LogP contribution in [0.1, 0.15) is 32.1 Å². The van der Waals surface area contributed by atoms with Crippen molar-refractivity contribution >= 4 is 5.78 Å². The van der Waals surface area contributed by atoms with Crippen LogP contribution in [0.3, 0.4) is 0 Å². The number of rotatable bonds is 4. The number of unbranched alkanes of at least 4 members (excludes halogenated alkanes) is 1. The Kier molecular flexibility index (Phi) is 2.31. The van der Waals surface area contributed by atoms with E-state index in [-0.39, 0.29) is 5.78 Å². The van der Waals surface area contributed by atoms with Gasteiger partial charge < -0.3 is 5.73 Å². The summed E-state index contributed by atoms with van der Waals surface area (Å²) >= 11 is 0. The van der Waals surface area contributed by atoms with Crippen LogP contribution in [0.4, 0.5) is 0 Å². The largest absolute Gasteiger partial charge is 0.319 e. The zero-order valence-electron chi connectivity index (χ0n) is 6.60. The number of ketones is 1. The highest BCUT2D eigenvalue weighted by Gasteiger charge is 2.44. The standard InChI is InChI=1S/C9H13NO/c1-2-3-4-5-8(11)9(10)6-7-9/h1H,3-7,10H2. The second-order valence-electron chi connectivity index (χ2n) is 3.14. The topological polar surface area (TPSA) is 43.1 Å². The molecule has 0 amide bonds. The predicted octanol–water partition coefficient (Wildman–Crippen LogP) is 0.850. The Morgan fingerprint density at radius 1 is 1.64 bits per heavy atom. The molecule has 1 rings (SSSR count). The van der Waals surface area contributed by atoms with Crippen molar-refractivity contribution in [2.75, 3.05) is 0 Å². The molecule has 0 unspecified atom stereocenters. The van der Waals surface area contributed by atoms with Gasteiger partial charge in [0.2, 0.25) is 0 Å². The van der Waals surface area contributed by atoms with Crippen molar-refractivity contribution in [3.05, 3.63) is 0 Å². The molecule has 0 atom stereocenters. The SMILES string of the molecule is C#CCCCC(=O)C1(N)CC1. The fourth-order valence-corrected chi connectivity index (χ4v) is 1.01. The van der Waals surface area contributed by atoms with E-state index < -0.39 is 5.54 Å². The molecule has 0 heterocycles. The molecule has 1 fully saturated rings. The summed E-state index contributed by atoms with van der Waals surface area (Å²) < 4.78 is 0. The molecule has 0 aromatic carbocycles. The third-order valence-corrected chi connectivity index (χ3v) is 2.07. The maximum Gasteiger partial charge on any atom is 0.152 e. The van der Waals surface area contributed by atoms with E-state index in [0.717, 1.165) is 19.3 Å². The first-order valence-corrected chi connectivity index (χ1v) is 3.95. The first kappa shape index (κ1) is 8.29. The summed E-state index contributed by atoms with van der Waals surface area (Å²) in [5.74, 6) is 2.69. The molecule has 2 N–H and O–H groups in total. The highest BCUT2D eigenvalue weighted by atomic mass is 16.1. The summed E-state index contributed by atoms with van der Waals surface area (Å²) in [6.45, 7) is 0. The Balaban J connectivity index is 2.18. The van der Waals surface area contributed by atoms with E-state index >= 15 is 0 Å². The van der Waals surface area contributed by atoms with Crippen molar-refractivity contribution in [2.24, 2.45) is 5.73 Å². The van der Waals surface area contributed by atoms with Gasteiger partial charge in [-0.15, -0.1) is 12.3 Å². The van der Waals surface area contributed by atoms with Gasteiger partial charge in [-0.1, -0.05) is 0 Å². The fourth-order valence-electron chi connectivity index (χ4n) is 1.01. The zero-order chi connectivity index (χ0) is 8.32. The highest BCUT2D eigenvalue weighted by Crippen LogP contribution is 2.34. The van der Waals surface area contributed by atoms with Gasteiger partial charge in [0.25, 0.3) is 0 Å². The van der Waals surface area contributed by atoms with Crippen LogP contribution >= 0.6 is 0 Å². The first-order valence-electron chi connectivity index (χ1n) is 3.95. The van der Waals surface area contributed by atoms with E-state index in [1.807, 2.05) is 0 Å². The quantitative estimate of drug-likeness (QED) is 0.478. The van der Waals surface area contributed by atoms with Crippen molar-refractivity contribution in [3.8, 4) is 12.3 Å². The van der Waals surface area contributed by atoms with Crippen LogP contribution in [0, 0.1) is 12.3 Å². The molecule has 2 heteroatoms. The van der Waals surface area contributed by atoms with Gasteiger partial charge in [-0.2, -0.15) is 0 Å². The summed E-state index contributed by atoms with van der Waals surface area (Å²) in [4.78, 5) is 11.2. The molecule has 0 aliphatic heterocycles. The minimum Gasteiger partial charge on any atom is -0.319 e. The number of hydrogen-bond donors (Lipinski definition) is 1. The van der Waals surface area contributed by atoms with Gasteiger partial charge in [0.1, 0.15) is 0 Å². The Hall–Kier alpha value is -0.810. The Morgan fingerprint density at radius 2 is 2.27 bits per heavy atom. The van der Waals surface area contributed by atoms with Gasteiger partial charge in [0.15, 0.2) is 5.78 Å². The molecule has 1 aliphatic rings. The maximum atomic E-state index is 11.2. The molecular weight excluding hydrogens is 138 g/mol. The number of terminal acetylenes is 1. The zero-order valence-corrected chi connectivity index (χ0v) is 6.60. The third kappa shape index (κ3) is 2.06. The summed E-state index contributed by atoms with van der Waals surface area (Å²) in [7, 11) is 0. The minimum absolute atomic E-state index is 0.188. The van der Waals surface area contributed by atoms with Crippen LogP contribution < -0.4 is 5.73 Å². The van der Waals surface area contributed by atoms with Crippen LogP contribution in [0.5, 0.6) is 0 Å². The van der Waals surface area contributed by atoms with Gasteiger partial charge in [0.05, 0.1) is 5.54 Å². The van der Waals surface area contributed by atoms with E-state index in [4.69, 9.17) is 12.2 Å². The monoisotopic (exact) mass is 151 g/mol. The lowest BCUT2D eigenvalue weighted by Gasteiger charge is -2.04. The number of carbonyl (C=O) groups excluding carboxylic acids is 1. The minimum atomic E-state index is -0.450. The summed E-state index contributed by atoms with van der Waals surface area (Å²) in [5.41, 5.74) is 5.22. The average Bonchev–Trinajstić information content (AvgIpc) is 2.70. The van der Waals surface area contributed by atoms with Crippen LogP contribution in [0.2, 0.25) is 0 Å². The van der Waals surface area contributed by atoms with Crippen molar-refractivity contribution in [1.29, 1.82) is 0 Å². The van der Waals surface area contributed by atoms with E-state index in [2.05, 4.69) is 5.92 Å². The van der Waals surface area contributed by atoms with Crippen molar-refractivity contribution in [2.45, 2.75) is 37.6 Å². The van der Waals surface area contributed by atoms with Crippen LogP contribution in [0.25, 0.3) is 0 Å². The molecule has 1 aliphatic carbocycles. The van der Waals surface area contributed by atoms with E-state index in [9.17, 15) is 4.79 Å². The van der Waals surface area contributed by atoms with Crippen LogP contribution in [0.15, 0.2) is 0 Å². The number of hydrogen-bond acceptors (Lipinski definition) is 2. The Labute approximate surface area is 67.2 Å². The number of Topliss-reactive ketones (excluding diaryl/α,β-unsaturated/α-hetero) is 1. The Morgan fingerprint density at radius 3 is 2.73 bits per heavy atom. The normalized spacial score (nSPS) is 18.9. The number of nitrogens with two attached hydrogens (primary N) is 1. The number of carbonyl (C=O) groups is 1. The first-order chi connectivity index (χ1) is 5.19. The summed E-state index contributed by atoms with van der Waals surface area (Å²) in [6.07, 6.45) is 8.80.